The van der Waals surface area contributed by atoms with Gasteiger partial charge in [-0.2, -0.15) is 0 Å². The number of ether oxygens (including phenoxy) is 1. The Bertz CT molecular complexity index is 504. The van der Waals surface area contributed by atoms with Crippen molar-refractivity contribution in [2.24, 2.45) is 0 Å². The van der Waals surface area contributed by atoms with Crippen molar-refractivity contribution in [2.75, 3.05) is 20.2 Å². The third-order valence-corrected chi connectivity index (χ3v) is 4.54. The molecule has 5 heteroatoms. The summed E-state index contributed by atoms with van der Waals surface area (Å²) in [6, 6.07) is 9.63. The Balaban J connectivity index is 1.91. The first-order valence-corrected chi connectivity index (χ1v) is 8.25. The van der Waals surface area contributed by atoms with Gasteiger partial charge in [0.2, 0.25) is 0 Å². The van der Waals surface area contributed by atoms with Gasteiger partial charge in [-0.1, -0.05) is 30.3 Å². The molecule has 2 atom stereocenters. The van der Waals surface area contributed by atoms with Crippen LogP contribution in [0.4, 0.5) is 4.79 Å². The first kappa shape index (κ1) is 17.8. The molecular weight excluding hydrogens is 292 g/mol. The summed E-state index contributed by atoms with van der Waals surface area (Å²) in [6.07, 6.45) is 1.95. The number of aliphatic hydroxyl groups is 1. The van der Waals surface area contributed by atoms with Crippen LogP contribution in [0.25, 0.3) is 0 Å². The highest BCUT2D eigenvalue weighted by Gasteiger charge is 2.31. The quantitative estimate of drug-likeness (QED) is 0.847. The molecule has 0 radical (unpaired) electrons. The predicted octanol–water partition coefficient (Wildman–Crippen LogP) is 2.71. The van der Waals surface area contributed by atoms with Crippen LogP contribution in [0.1, 0.15) is 44.8 Å². The highest BCUT2D eigenvalue weighted by Crippen LogP contribution is 2.27. The largest absolute Gasteiger partial charge is 0.388 e. The lowest BCUT2D eigenvalue weighted by molar-refractivity contribution is 0.0239. The van der Waals surface area contributed by atoms with Gasteiger partial charge in [0.25, 0.3) is 0 Å². The van der Waals surface area contributed by atoms with Gasteiger partial charge in [0, 0.05) is 26.2 Å². The summed E-state index contributed by atoms with van der Waals surface area (Å²) in [5, 5.41) is 13.3. The maximum atomic E-state index is 12.4. The normalized spacial score (nSPS) is 19.7. The molecule has 2 amide bonds. The first-order chi connectivity index (χ1) is 10.9. The summed E-state index contributed by atoms with van der Waals surface area (Å²) in [7, 11) is 1.64. The molecule has 1 saturated heterocycles. The number of nitrogens with one attached hydrogen (secondary N) is 1. The molecule has 0 aliphatic carbocycles. The number of rotatable bonds is 6. The van der Waals surface area contributed by atoms with Crippen LogP contribution in [0.15, 0.2) is 30.3 Å². The van der Waals surface area contributed by atoms with E-state index in [4.69, 9.17) is 4.74 Å². The van der Waals surface area contributed by atoms with E-state index < -0.39 is 6.10 Å². The monoisotopic (exact) mass is 320 g/mol. The molecule has 2 rings (SSSR count). The number of carbonyl (C=O) groups is 1. The molecule has 0 bridgehead atoms. The van der Waals surface area contributed by atoms with Crippen LogP contribution in [-0.4, -0.2) is 47.9 Å². The van der Waals surface area contributed by atoms with E-state index in [2.05, 4.69) is 5.32 Å². The highest BCUT2D eigenvalue weighted by molar-refractivity contribution is 5.75. The van der Waals surface area contributed by atoms with Crippen molar-refractivity contribution in [3.8, 4) is 0 Å². The Labute approximate surface area is 138 Å². The molecule has 2 N–H and O–H groups in total. The minimum atomic E-state index is -0.537. The number of nitrogens with zero attached hydrogens (tertiary/aromatic N) is 1. The average Bonchev–Trinajstić information content (AvgIpc) is 3.01. The molecule has 0 spiro atoms. The summed E-state index contributed by atoms with van der Waals surface area (Å²) < 4.78 is 5.33. The molecule has 0 saturated carbocycles. The van der Waals surface area contributed by atoms with Crippen molar-refractivity contribution in [1.82, 2.24) is 10.2 Å². The zero-order chi connectivity index (χ0) is 16.9. The zero-order valence-electron chi connectivity index (χ0n) is 14.3. The molecule has 5 nitrogen and oxygen atoms in total. The van der Waals surface area contributed by atoms with E-state index >= 15 is 0 Å². The van der Waals surface area contributed by atoms with Crippen LogP contribution in [0.3, 0.4) is 0 Å². The molecule has 1 fully saturated rings. The zero-order valence-corrected chi connectivity index (χ0v) is 14.3. The SMILES string of the molecule is COC(C)(C)CNC(=O)N1CCCC1CC(O)c1ccccc1. The first-order valence-electron chi connectivity index (χ1n) is 8.25. The molecule has 1 aliphatic heterocycles. The van der Waals surface area contributed by atoms with Gasteiger partial charge in [0.05, 0.1) is 11.7 Å². The fourth-order valence-electron chi connectivity index (χ4n) is 2.88. The van der Waals surface area contributed by atoms with E-state index in [-0.39, 0.29) is 17.7 Å². The molecule has 1 heterocycles. The highest BCUT2D eigenvalue weighted by atomic mass is 16.5. The van der Waals surface area contributed by atoms with Gasteiger partial charge in [-0.25, -0.2) is 4.79 Å². The number of methoxy groups -OCH3 is 1. The summed E-state index contributed by atoms with van der Waals surface area (Å²) in [5.41, 5.74) is 0.523. The average molecular weight is 320 g/mol. The van der Waals surface area contributed by atoms with Gasteiger partial charge in [0.1, 0.15) is 0 Å². The van der Waals surface area contributed by atoms with E-state index in [1.165, 1.54) is 0 Å². The smallest absolute Gasteiger partial charge is 0.317 e. The maximum absolute atomic E-state index is 12.4. The van der Waals surface area contributed by atoms with Crippen LogP contribution in [0.5, 0.6) is 0 Å². The van der Waals surface area contributed by atoms with E-state index in [9.17, 15) is 9.90 Å². The van der Waals surface area contributed by atoms with Crippen molar-refractivity contribution >= 4 is 6.03 Å². The maximum Gasteiger partial charge on any atom is 0.317 e. The Hall–Kier alpha value is -1.59. The van der Waals surface area contributed by atoms with Crippen molar-refractivity contribution in [2.45, 2.75) is 50.9 Å². The topological polar surface area (TPSA) is 61.8 Å². The number of hydrogen-bond acceptors (Lipinski definition) is 3. The Morgan fingerprint density at radius 3 is 2.78 bits per heavy atom. The van der Waals surface area contributed by atoms with Gasteiger partial charge >= 0.3 is 6.03 Å². The van der Waals surface area contributed by atoms with Crippen molar-refractivity contribution < 1.29 is 14.6 Å². The molecule has 2 unspecified atom stereocenters. The number of aliphatic hydroxyl groups excluding tert-OH is 1. The van der Waals surface area contributed by atoms with Crippen LogP contribution in [0, 0.1) is 0 Å². The number of likely N-dealkylation sites (tertiary alicyclic amines) is 1. The van der Waals surface area contributed by atoms with Crippen LogP contribution in [-0.2, 0) is 4.74 Å². The van der Waals surface area contributed by atoms with Crippen molar-refractivity contribution in [1.29, 1.82) is 0 Å². The summed E-state index contributed by atoms with van der Waals surface area (Å²) in [5.74, 6) is 0. The second kappa shape index (κ2) is 7.79. The Morgan fingerprint density at radius 1 is 1.43 bits per heavy atom. The van der Waals surface area contributed by atoms with Gasteiger partial charge < -0.3 is 20.1 Å². The number of amides is 2. The lowest BCUT2D eigenvalue weighted by Crippen LogP contribution is -2.48. The standard InChI is InChI=1S/C18H28N2O3/c1-18(2,23-3)13-19-17(22)20-11-7-10-15(20)12-16(21)14-8-5-4-6-9-14/h4-6,8-9,15-16,21H,7,10-13H2,1-3H3,(H,19,22). The summed E-state index contributed by atoms with van der Waals surface area (Å²) in [4.78, 5) is 14.3. The number of urea groups is 1. The summed E-state index contributed by atoms with van der Waals surface area (Å²) >= 11 is 0. The van der Waals surface area contributed by atoms with Crippen LogP contribution in [0.2, 0.25) is 0 Å². The van der Waals surface area contributed by atoms with E-state index in [0.29, 0.717) is 13.0 Å². The fourth-order valence-corrected chi connectivity index (χ4v) is 2.88. The van der Waals surface area contributed by atoms with Gasteiger partial charge in [-0.3, -0.25) is 0 Å². The lowest BCUT2D eigenvalue weighted by Gasteiger charge is -2.29. The van der Waals surface area contributed by atoms with Gasteiger partial charge in [-0.05, 0) is 38.7 Å². The van der Waals surface area contributed by atoms with E-state index in [1.54, 1.807) is 7.11 Å². The molecule has 0 aromatic heterocycles. The molecule has 128 valence electrons. The second-order valence-electron chi connectivity index (χ2n) is 6.77. The minimum absolute atomic E-state index is 0.0714. The Kier molecular flexibility index (Phi) is 6.02. The van der Waals surface area contributed by atoms with Crippen molar-refractivity contribution in [3.05, 3.63) is 35.9 Å². The fraction of sp³-hybridized carbons (Fsp3) is 0.611. The number of benzene rings is 1. The molecule has 1 aromatic carbocycles. The third-order valence-electron chi connectivity index (χ3n) is 4.54. The van der Waals surface area contributed by atoms with E-state index in [0.717, 1.165) is 24.9 Å². The van der Waals surface area contributed by atoms with E-state index in [1.807, 2.05) is 49.1 Å². The van der Waals surface area contributed by atoms with Gasteiger partial charge in [-0.15, -0.1) is 0 Å². The van der Waals surface area contributed by atoms with Crippen LogP contribution < -0.4 is 5.32 Å². The van der Waals surface area contributed by atoms with Gasteiger partial charge in [0.15, 0.2) is 0 Å². The molecule has 1 aliphatic rings. The molecular formula is C18H28N2O3. The minimum Gasteiger partial charge on any atom is -0.388 e. The lowest BCUT2D eigenvalue weighted by atomic mass is 10.0. The molecule has 1 aromatic rings. The number of carbonyl (C=O) groups excluding carboxylic acids is 1. The third kappa shape index (κ3) is 4.94. The predicted molar refractivity (Wildman–Crippen MR) is 90.2 cm³/mol. The molecule has 23 heavy (non-hydrogen) atoms. The number of hydrogen-bond donors (Lipinski definition) is 2. The van der Waals surface area contributed by atoms with Crippen LogP contribution >= 0.6 is 0 Å². The van der Waals surface area contributed by atoms with Crippen molar-refractivity contribution in [3.63, 3.8) is 0 Å². The summed E-state index contributed by atoms with van der Waals surface area (Å²) in [6.45, 7) is 5.08. The Morgan fingerprint density at radius 2 is 2.13 bits per heavy atom. The second-order valence-corrected chi connectivity index (χ2v) is 6.77.